The van der Waals surface area contributed by atoms with Gasteiger partial charge in [-0.25, -0.2) is 0 Å². The molecule has 0 saturated heterocycles. The van der Waals surface area contributed by atoms with E-state index in [1.165, 1.54) is 59.8 Å². The number of pyridine rings is 1. The molecule has 1 aliphatic heterocycles. The van der Waals surface area contributed by atoms with Crippen LogP contribution in [0.5, 0.6) is 0 Å². The average molecular weight is 419 g/mol. The number of fused-ring (bicyclic) bond motifs is 5. The minimum atomic E-state index is -0.0443. The zero-order valence-corrected chi connectivity index (χ0v) is 18.7. The second-order valence-electron chi connectivity index (χ2n) is 9.46. The first-order valence-electron chi connectivity index (χ1n) is 12.3. The van der Waals surface area contributed by atoms with Crippen molar-refractivity contribution in [2.45, 2.75) is 77.2 Å². The molecule has 3 aliphatic rings. The number of rotatable bonds is 7. The van der Waals surface area contributed by atoms with Crippen molar-refractivity contribution in [3.05, 3.63) is 47.9 Å². The summed E-state index contributed by atoms with van der Waals surface area (Å²) in [6.07, 6.45) is 22.7. The third kappa shape index (κ3) is 3.97. The van der Waals surface area contributed by atoms with Crippen LogP contribution in [0.3, 0.4) is 0 Å². The van der Waals surface area contributed by atoms with Gasteiger partial charge >= 0.3 is 5.97 Å². The van der Waals surface area contributed by atoms with E-state index in [1.54, 1.807) is 0 Å². The summed E-state index contributed by atoms with van der Waals surface area (Å²) < 4.78 is 7.71. The predicted octanol–water partition coefficient (Wildman–Crippen LogP) is 6.41. The Kier molecular flexibility index (Phi) is 5.97. The lowest BCUT2D eigenvalue weighted by Crippen LogP contribution is -2.26. The highest BCUT2D eigenvalue weighted by Gasteiger charge is 2.35. The molecule has 1 fully saturated rings. The molecule has 2 aliphatic carbocycles. The highest BCUT2D eigenvalue weighted by molar-refractivity contribution is 5.93. The molecule has 4 heteroatoms. The summed E-state index contributed by atoms with van der Waals surface area (Å²) in [5, 5.41) is 1.36. The molecule has 31 heavy (non-hydrogen) atoms. The van der Waals surface area contributed by atoms with Crippen LogP contribution in [0.15, 0.2) is 36.7 Å². The molecule has 3 unspecified atom stereocenters. The molecule has 4 nitrogen and oxygen atoms in total. The standard InChI is InChI=1S/C27H34N2O2/c1-2-31-26(30)10-5-3-4-7-19-11-14-24-21(17-19)13-12-20-8-6-9-22-23-18-28-16-15-25(23)29(24)27(20)22/h8,12-13,15-16,18-19,21,24H,2-7,9-11,14,17H2,1H3. The molecular weight excluding hydrogens is 384 g/mol. The van der Waals surface area contributed by atoms with E-state index < -0.39 is 0 Å². The summed E-state index contributed by atoms with van der Waals surface area (Å²) in [4.78, 5) is 16.0. The lowest BCUT2D eigenvalue weighted by atomic mass is 9.76. The van der Waals surface area contributed by atoms with Crippen LogP contribution < -0.4 is 0 Å². The molecule has 0 N–H and O–H groups in total. The molecule has 2 aromatic rings. The number of aryl methyl sites for hydroxylation is 1. The Bertz CT molecular complexity index is 1020. The van der Waals surface area contributed by atoms with E-state index in [0.29, 0.717) is 25.0 Å². The second kappa shape index (κ2) is 9.02. The number of carbonyl (C=O) groups is 1. The number of allylic oxidation sites excluding steroid dienone is 4. The highest BCUT2D eigenvalue weighted by atomic mass is 16.5. The molecule has 0 bridgehead atoms. The Morgan fingerprint density at radius 3 is 3.10 bits per heavy atom. The fourth-order valence-corrected chi connectivity index (χ4v) is 6.16. The molecule has 0 spiro atoms. The summed E-state index contributed by atoms with van der Waals surface area (Å²) in [6.45, 7) is 2.36. The zero-order chi connectivity index (χ0) is 21.2. The molecule has 1 saturated carbocycles. The quantitative estimate of drug-likeness (QED) is 0.386. The maximum absolute atomic E-state index is 11.5. The van der Waals surface area contributed by atoms with Crippen LogP contribution in [0.4, 0.5) is 0 Å². The molecule has 2 aromatic heterocycles. The fraction of sp³-hybridized carbons (Fsp3) is 0.556. The van der Waals surface area contributed by atoms with Crippen molar-refractivity contribution in [1.82, 2.24) is 9.55 Å². The third-order valence-corrected chi connectivity index (χ3v) is 7.57. The van der Waals surface area contributed by atoms with E-state index in [2.05, 4.69) is 40.0 Å². The number of unbranched alkanes of at least 4 members (excludes halogenated alkanes) is 2. The van der Waals surface area contributed by atoms with Gasteiger partial charge in [0.25, 0.3) is 0 Å². The van der Waals surface area contributed by atoms with Gasteiger partial charge in [0.15, 0.2) is 0 Å². The van der Waals surface area contributed by atoms with Gasteiger partial charge in [-0.05, 0) is 74.5 Å². The number of nitrogens with zero attached hydrogens (tertiary/aromatic N) is 2. The minimum absolute atomic E-state index is 0.0443. The largest absolute Gasteiger partial charge is 0.466 e. The Hall–Kier alpha value is -2.36. The molecule has 3 atom stereocenters. The number of ether oxygens (including phenoxy) is 1. The van der Waals surface area contributed by atoms with Crippen molar-refractivity contribution in [1.29, 1.82) is 0 Å². The van der Waals surface area contributed by atoms with Gasteiger partial charge < -0.3 is 9.30 Å². The van der Waals surface area contributed by atoms with Crippen LogP contribution in [-0.2, 0) is 16.0 Å². The van der Waals surface area contributed by atoms with E-state index >= 15 is 0 Å². The molecular formula is C27H34N2O2. The maximum atomic E-state index is 11.5. The lowest BCUT2D eigenvalue weighted by Gasteiger charge is -2.36. The summed E-state index contributed by atoms with van der Waals surface area (Å²) in [6, 6.07) is 2.79. The minimum Gasteiger partial charge on any atom is -0.466 e. The number of esters is 1. The van der Waals surface area contributed by atoms with Crippen LogP contribution in [0.1, 0.15) is 82.0 Å². The van der Waals surface area contributed by atoms with E-state index in [1.807, 2.05) is 13.1 Å². The van der Waals surface area contributed by atoms with E-state index in [4.69, 9.17) is 4.74 Å². The van der Waals surface area contributed by atoms with Crippen molar-refractivity contribution in [2.75, 3.05) is 6.61 Å². The fourth-order valence-electron chi connectivity index (χ4n) is 6.16. The average Bonchev–Trinajstić information content (AvgIpc) is 3.03. The van der Waals surface area contributed by atoms with E-state index in [0.717, 1.165) is 31.6 Å². The van der Waals surface area contributed by atoms with Gasteiger partial charge in [-0.2, -0.15) is 0 Å². The van der Waals surface area contributed by atoms with E-state index in [9.17, 15) is 4.79 Å². The highest BCUT2D eigenvalue weighted by Crippen LogP contribution is 2.48. The predicted molar refractivity (Wildman–Crippen MR) is 125 cm³/mol. The molecule has 3 heterocycles. The number of carbonyl (C=O) groups excluding carboxylic acids is 1. The van der Waals surface area contributed by atoms with Crippen LogP contribution >= 0.6 is 0 Å². The second-order valence-corrected chi connectivity index (χ2v) is 9.46. The molecule has 0 radical (unpaired) electrons. The maximum Gasteiger partial charge on any atom is 0.305 e. The van der Waals surface area contributed by atoms with Crippen molar-refractivity contribution < 1.29 is 9.53 Å². The number of aromatic nitrogens is 2. The van der Waals surface area contributed by atoms with Crippen molar-refractivity contribution in [3.8, 4) is 0 Å². The first-order chi connectivity index (χ1) is 15.3. The Morgan fingerprint density at radius 1 is 1.26 bits per heavy atom. The first kappa shape index (κ1) is 20.5. The van der Waals surface area contributed by atoms with Crippen molar-refractivity contribution in [3.63, 3.8) is 0 Å². The summed E-state index contributed by atoms with van der Waals surface area (Å²) >= 11 is 0. The molecule has 164 valence electrons. The Morgan fingerprint density at radius 2 is 2.19 bits per heavy atom. The summed E-state index contributed by atoms with van der Waals surface area (Å²) in [5.41, 5.74) is 5.77. The van der Waals surface area contributed by atoms with Gasteiger partial charge in [0.2, 0.25) is 0 Å². The van der Waals surface area contributed by atoms with Crippen LogP contribution in [0.2, 0.25) is 0 Å². The molecule has 0 aromatic carbocycles. The van der Waals surface area contributed by atoms with Gasteiger partial charge in [0, 0.05) is 30.2 Å². The SMILES string of the molecule is CCOC(=O)CCCCCC1CCC2C(C=CC3=CCCc4c3n2c2ccncc42)C1. The monoisotopic (exact) mass is 418 g/mol. The zero-order valence-electron chi connectivity index (χ0n) is 18.7. The Labute approximate surface area is 185 Å². The van der Waals surface area contributed by atoms with Crippen LogP contribution in [-0.4, -0.2) is 22.1 Å². The van der Waals surface area contributed by atoms with Crippen molar-refractivity contribution in [2.24, 2.45) is 11.8 Å². The van der Waals surface area contributed by atoms with Gasteiger partial charge in [0.1, 0.15) is 0 Å². The van der Waals surface area contributed by atoms with Gasteiger partial charge in [-0.1, -0.05) is 37.5 Å². The van der Waals surface area contributed by atoms with Crippen LogP contribution in [0, 0.1) is 11.8 Å². The van der Waals surface area contributed by atoms with Crippen LogP contribution in [0.25, 0.3) is 16.5 Å². The third-order valence-electron chi connectivity index (χ3n) is 7.57. The molecule has 0 amide bonds. The van der Waals surface area contributed by atoms with Gasteiger partial charge in [0.05, 0.1) is 17.8 Å². The smallest absolute Gasteiger partial charge is 0.305 e. The topological polar surface area (TPSA) is 44.1 Å². The number of hydrogen-bond acceptors (Lipinski definition) is 3. The lowest BCUT2D eigenvalue weighted by molar-refractivity contribution is -0.143. The van der Waals surface area contributed by atoms with E-state index in [-0.39, 0.29) is 5.97 Å². The normalized spacial score (nSPS) is 24.3. The van der Waals surface area contributed by atoms with Gasteiger partial charge in [-0.3, -0.25) is 9.78 Å². The number of hydrogen-bond donors (Lipinski definition) is 0. The molecule has 5 rings (SSSR count). The van der Waals surface area contributed by atoms with Gasteiger partial charge in [-0.15, -0.1) is 0 Å². The van der Waals surface area contributed by atoms with Crippen molar-refractivity contribution >= 4 is 22.4 Å². The first-order valence-corrected chi connectivity index (χ1v) is 12.3. The summed E-state index contributed by atoms with van der Waals surface area (Å²) in [5.74, 6) is 1.37. The Balaban J connectivity index is 1.28. The summed E-state index contributed by atoms with van der Waals surface area (Å²) in [7, 11) is 0.